The van der Waals surface area contributed by atoms with Crippen LogP contribution in [-0.2, 0) is 6.42 Å². The zero-order valence-corrected chi connectivity index (χ0v) is 20.6. The van der Waals surface area contributed by atoms with E-state index in [9.17, 15) is 13.6 Å². The molecule has 0 bridgehead atoms. The second-order valence-electron chi connectivity index (χ2n) is 8.76. The highest BCUT2D eigenvalue weighted by molar-refractivity contribution is 5.99. The molecule has 38 heavy (non-hydrogen) atoms. The predicted molar refractivity (Wildman–Crippen MR) is 142 cm³/mol. The molecule has 0 saturated carbocycles. The van der Waals surface area contributed by atoms with Gasteiger partial charge in [-0.15, -0.1) is 0 Å². The highest BCUT2D eigenvalue weighted by atomic mass is 19.1. The number of carbonyl (C=O) groups excluding carboxylic acids is 1. The first-order valence-corrected chi connectivity index (χ1v) is 12.0. The molecule has 1 aliphatic rings. The molecule has 3 aromatic carbocycles. The lowest BCUT2D eigenvalue weighted by Crippen LogP contribution is -2.22. The summed E-state index contributed by atoms with van der Waals surface area (Å²) in [6.07, 6.45) is 6.04. The highest BCUT2D eigenvalue weighted by Crippen LogP contribution is 2.24. The van der Waals surface area contributed by atoms with Crippen molar-refractivity contribution in [3.8, 4) is 11.4 Å². The molecule has 192 valence electrons. The minimum absolute atomic E-state index is 0.0240. The molecular formula is C29H25F2N5O2. The Kier molecular flexibility index (Phi) is 7.17. The van der Waals surface area contributed by atoms with Gasteiger partial charge in [0.2, 0.25) is 0 Å². The minimum Gasteiger partial charge on any atom is -0.457 e. The summed E-state index contributed by atoms with van der Waals surface area (Å²) in [5.41, 5.74) is 2.11. The first kappa shape index (κ1) is 24.8. The fourth-order valence-corrected chi connectivity index (χ4v) is 3.92. The van der Waals surface area contributed by atoms with Crippen molar-refractivity contribution in [2.75, 3.05) is 24.2 Å². The Bertz CT molecular complexity index is 1510. The van der Waals surface area contributed by atoms with E-state index in [2.05, 4.69) is 15.7 Å². The topological polar surface area (TPSA) is 71.4 Å². The Morgan fingerprint density at radius 1 is 1.00 bits per heavy atom. The van der Waals surface area contributed by atoms with E-state index in [1.54, 1.807) is 30.3 Å². The van der Waals surface area contributed by atoms with E-state index >= 15 is 0 Å². The molecule has 1 aliphatic heterocycles. The standard InChI is InChI=1S/C29H25F2N5O2/c1-35-14-12-24(13-15-35)38-25-10-11-27(26(31)19-25)32-29(37)33-28-18-22(16-20-6-3-2-4-7-20)34-36(28)23-9-5-8-21(30)17-23/h2-14,17-19H,15-16H2,1H3,(H2,32,33,37). The number of nitrogens with one attached hydrogen (secondary N) is 2. The van der Waals surface area contributed by atoms with Crippen LogP contribution in [0.3, 0.4) is 0 Å². The van der Waals surface area contributed by atoms with Crippen LogP contribution in [0.2, 0.25) is 0 Å². The molecule has 9 heteroatoms. The summed E-state index contributed by atoms with van der Waals surface area (Å²) >= 11 is 0. The number of likely N-dealkylation sites (N-methyl/N-ethyl adjacent to an activating group) is 1. The molecule has 2 N–H and O–H groups in total. The zero-order valence-electron chi connectivity index (χ0n) is 20.6. The highest BCUT2D eigenvalue weighted by Gasteiger charge is 2.15. The van der Waals surface area contributed by atoms with Crippen molar-refractivity contribution in [1.82, 2.24) is 14.7 Å². The van der Waals surface area contributed by atoms with Gasteiger partial charge in [-0.25, -0.2) is 18.3 Å². The molecule has 0 unspecified atom stereocenters. The first-order chi connectivity index (χ1) is 18.4. The monoisotopic (exact) mass is 513 g/mol. The lowest BCUT2D eigenvalue weighted by atomic mass is 10.1. The number of hydrogen-bond acceptors (Lipinski definition) is 4. The summed E-state index contributed by atoms with van der Waals surface area (Å²) in [4.78, 5) is 14.8. The number of hydrogen-bond donors (Lipinski definition) is 2. The number of urea groups is 1. The van der Waals surface area contributed by atoms with E-state index in [0.717, 1.165) is 5.56 Å². The third kappa shape index (κ3) is 6.07. The summed E-state index contributed by atoms with van der Waals surface area (Å²) in [6, 6.07) is 20.8. The van der Waals surface area contributed by atoms with Crippen LogP contribution in [0, 0.1) is 11.6 Å². The third-order valence-electron chi connectivity index (χ3n) is 5.78. The number of amides is 2. The predicted octanol–water partition coefficient (Wildman–Crippen LogP) is 6.11. The number of ether oxygens (including phenoxy) is 1. The van der Waals surface area contributed by atoms with Crippen molar-refractivity contribution < 1.29 is 18.3 Å². The molecule has 2 heterocycles. The van der Waals surface area contributed by atoms with Gasteiger partial charge in [-0.05, 0) is 48.0 Å². The molecule has 0 aliphatic carbocycles. The molecule has 7 nitrogen and oxygen atoms in total. The van der Waals surface area contributed by atoms with E-state index in [0.29, 0.717) is 41.7 Å². The molecule has 0 atom stereocenters. The van der Waals surface area contributed by atoms with Gasteiger partial charge in [0.15, 0.2) is 0 Å². The molecule has 0 saturated heterocycles. The van der Waals surface area contributed by atoms with E-state index in [1.165, 1.54) is 28.9 Å². The lowest BCUT2D eigenvalue weighted by molar-refractivity contribution is 0.262. The van der Waals surface area contributed by atoms with Gasteiger partial charge in [0.05, 0.1) is 17.1 Å². The number of halogens is 2. The lowest BCUT2D eigenvalue weighted by Gasteiger charge is -2.17. The fraction of sp³-hybridized carbons (Fsp3) is 0.103. The zero-order chi connectivity index (χ0) is 26.5. The summed E-state index contributed by atoms with van der Waals surface area (Å²) in [5.74, 6) is 0.134. The van der Waals surface area contributed by atoms with Crippen LogP contribution in [-0.4, -0.2) is 34.3 Å². The van der Waals surface area contributed by atoms with Crippen molar-refractivity contribution in [1.29, 1.82) is 0 Å². The summed E-state index contributed by atoms with van der Waals surface area (Å²) in [6.45, 7) is 0.688. The van der Waals surface area contributed by atoms with Crippen molar-refractivity contribution in [2.45, 2.75) is 6.42 Å². The van der Waals surface area contributed by atoms with Crippen LogP contribution >= 0.6 is 0 Å². The van der Waals surface area contributed by atoms with Gasteiger partial charge < -0.3 is 15.0 Å². The van der Waals surface area contributed by atoms with E-state index in [1.807, 2.05) is 54.6 Å². The average Bonchev–Trinajstić information content (AvgIpc) is 3.29. The van der Waals surface area contributed by atoms with Crippen LogP contribution in [0.15, 0.2) is 103 Å². The first-order valence-electron chi connectivity index (χ1n) is 12.0. The van der Waals surface area contributed by atoms with Gasteiger partial charge in [-0.1, -0.05) is 36.4 Å². The maximum atomic E-state index is 14.8. The summed E-state index contributed by atoms with van der Waals surface area (Å²) < 4.78 is 35.8. The number of rotatable bonds is 7. The number of benzene rings is 3. The molecule has 0 radical (unpaired) electrons. The molecule has 5 rings (SSSR count). The smallest absolute Gasteiger partial charge is 0.324 e. The number of nitrogens with zero attached hydrogens (tertiary/aromatic N) is 3. The van der Waals surface area contributed by atoms with Gasteiger partial charge >= 0.3 is 6.03 Å². The van der Waals surface area contributed by atoms with Crippen molar-refractivity contribution in [3.63, 3.8) is 0 Å². The van der Waals surface area contributed by atoms with Crippen LogP contribution in [0.25, 0.3) is 5.69 Å². The maximum Gasteiger partial charge on any atom is 0.324 e. The van der Waals surface area contributed by atoms with Gasteiger partial charge in [0.1, 0.15) is 29.0 Å². The second kappa shape index (κ2) is 11.0. The summed E-state index contributed by atoms with van der Waals surface area (Å²) in [7, 11) is 1.93. The Morgan fingerprint density at radius 3 is 2.58 bits per heavy atom. The van der Waals surface area contributed by atoms with Crippen molar-refractivity contribution in [3.05, 3.63) is 126 Å². The molecule has 0 spiro atoms. The van der Waals surface area contributed by atoms with Gasteiger partial charge in [0, 0.05) is 38.3 Å². The largest absolute Gasteiger partial charge is 0.457 e. The van der Waals surface area contributed by atoms with Crippen LogP contribution < -0.4 is 15.4 Å². The maximum absolute atomic E-state index is 14.8. The van der Waals surface area contributed by atoms with Gasteiger partial charge in [0.25, 0.3) is 0 Å². The number of carbonyl (C=O) groups is 1. The Hall–Kier alpha value is -4.92. The molecule has 1 aromatic heterocycles. The molecule has 0 fully saturated rings. The normalized spacial score (nSPS) is 12.7. The van der Waals surface area contributed by atoms with E-state index in [-0.39, 0.29) is 5.69 Å². The Morgan fingerprint density at radius 2 is 1.84 bits per heavy atom. The summed E-state index contributed by atoms with van der Waals surface area (Å²) in [5, 5.41) is 9.78. The number of aromatic nitrogens is 2. The quantitative estimate of drug-likeness (QED) is 0.313. The molecule has 2 amide bonds. The average molecular weight is 514 g/mol. The molecule has 4 aromatic rings. The van der Waals surface area contributed by atoms with E-state index in [4.69, 9.17) is 4.74 Å². The Labute approximate surface area is 218 Å². The second-order valence-corrected chi connectivity index (χ2v) is 8.76. The Balaban J connectivity index is 1.32. The van der Waals surface area contributed by atoms with Crippen LogP contribution in [0.1, 0.15) is 11.3 Å². The van der Waals surface area contributed by atoms with Crippen LogP contribution in [0.4, 0.5) is 25.1 Å². The van der Waals surface area contributed by atoms with Gasteiger partial charge in [-0.2, -0.15) is 5.10 Å². The number of allylic oxidation sites excluding steroid dienone is 1. The minimum atomic E-state index is -0.678. The van der Waals surface area contributed by atoms with Crippen LogP contribution in [0.5, 0.6) is 5.75 Å². The van der Waals surface area contributed by atoms with E-state index < -0.39 is 17.7 Å². The van der Waals surface area contributed by atoms with Gasteiger partial charge in [-0.3, -0.25) is 5.32 Å². The number of anilines is 2. The van der Waals surface area contributed by atoms with Crippen molar-refractivity contribution in [2.24, 2.45) is 0 Å². The third-order valence-corrected chi connectivity index (χ3v) is 5.78. The van der Waals surface area contributed by atoms with Crippen molar-refractivity contribution >= 4 is 17.5 Å². The SMILES string of the molecule is CN1C=CC(Oc2ccc(NC(=O)Nc3cc(Cc4ccccc4)nn3-c3cccc(F)c3)c(F)c2)=CC1. The fourth-order valence-electron chi connectivity index (χ4n) is 3.92. The molecular weight excluding hydrogens is 488 g/mol.